The highest BCUT2D eigenvalue weighted by molar-refractivity contribution is 7.98. The summed E-state index contributed by atoms with van der Waals surface area (Å²) in [6.45, 7) is 3.88. The normalized spacial score (nSPS) is 12.1. The summed E-state index contributed by atoms with van der Waals surface area (Å²) in [6.07, 6.45) is 0.704. The van der Waals surface area contributed by atoms with E-state index in [9.17, 15) is 9.90 Å². The first kappa shape index (κ1) is 17.0. The van der Waals surface area contributed by atoms with Crippen LogP contribution < -0.4 is 5.32 Å². The van der Waals surface area contributed by atoms with Gasteiger partial charge in [0.25, 0.3) is 5.91 Å². The zero-order valence-electron chi connectivity index (χ0n) is 12.7. The number of nitrogens with zero attached hydrogens (tertiary/aromatic N) is 1. The summed E-state index contributed by atoms with van der Waals surface area (Å²) in [5.41, 5.74) is 1.68. The Morgan fingerprint density at radius 2 is 2.23 bits per heavy atom. The Labute approximate surface area is 139 Å². The van der Waals surface area contributed by atoms with Gasteiger partial charge < -0.3 is 10.4 Å². The van der Waals surface area contributed by atoms with Crippen LogP contribution in [0, 0.1) is 6.92 Å². The zero-order chi connectivity index (χ0) is 15.9. The van der Waals surface area contributed by atoms with Gasteiger partial charge in [0.05, 0.1) is 28.9 Å². The SMILES string of the molecule is CCC(CO)NC(=O)c1ccccc1SCc1csc(C)n1. The van der Waals surface area contributed by atoms with Gasteiger partial charge in [-0.25, -0.2) is 4.98 Å². The quantitative estimate of drug-likeness (QED) is 0.762. The van der Waals surface area contributed by atoms with Gasteiger partial charge in [0.15, 0.2) is 0 Å². The fourth-order valence-corrected chi connectivity index (χ4v) is 3.61. The molecule has 0 bridgehead atoms. The van der Waals surface area contributed by atoms with Gasteiger partial charge in [0.2, 0.25) is 0 Å². The lowest BCUT2D eigenvalue weighted by Crippen LogP contribution is -2.37. The maximum Gasteiger partial charge on any atom is 0.252 e. The average molecular weight is 336 g/mol. The smallest absolute Gasteiger partial charge is 0.252 e. The van der Waals surface area contributed by atoms with Crippen molar-refractivity contribution in [3.05, 3.63) is 45.9 Å². The maximum absolute atomic E-state index is 12.4. The summed E-state index contributed by atoms with van der Waals surface area (Å²) < 4.78 is 0. The minimum Gasteiger partial charge on any atom is -0.394 e. The minimum absolute atomic E-state index is 0.0460. The fourth-order valence-electron chi connectivity index (χ4n) is 1.95. The molecule has 6 heteroatoms. The Morgan fingerprint density at radius 3 is 2.86 bits per heavy atom. The predicted molar refractivity (Wildman–Crippen MR) is 91.5 cm³/mol. The lowest BCUT2D eigenvalue weighted by Gasteiger charge is -2.15. The molecule has 2 N–H and O–H groups in total. The van der Waals surface area contributed by atoms with E-state index in [0.717, 1.165) is 21.3 Å². The van der Waals surface area contributed by atoms with Crippen LogP contribution in [0.5, 0.6) is 0 Å². The molecule has 2 aromatic rings. The highest BCUT2D eigenvalue weighted by atomic mass is 32.2. The standard InChI is InChI=1S/C16H20N2O2S2/c1-3-12(8-19)18-16(20)14-6-4-5-7-15(14)22-10-13-9-21-11(2)17-13/h4-7,9,12,19H,3,8,10H2,1-2H3,(H,18,20). The van der Waals surface area contributed by atoms with Crippen molar-refractivity contribution in [1.82, 2.24) is 10.3 Å². The summed E-state index contributed by atoms with van der Waals surface area (Å²) in [5.74, 6) is 0.602. The van der Waals surface area contributed by atoms with Crippen molar-refractivity contribution in [3.8, 4) is 0 Å². The molecule has 2 rings (SSSR count). The zero-order valence-corrected chi connectivity index (χ0v) is 14.3. The number of thiazole rings is 1. The Kier molecular flexibility index (Phi) is 6.42. The molecule has 0 aliphatic heterocycles. The van der Waals surface area contributed by atoms with Gasteiger partial charge in [-0.3, -0.25) is 4.79 Å². The van der Waals surface area contributed by atoms with Gasteiger partial charge in [-0.15, -0.1) is 23.1 Å². The van der Waals surface area contributed by atoms with Gasteiger partial charge >= 0.3 is 0 Å². The van der Waals surface area contributed by atoms with Crippen LogP contribution in [-0.2, 0) is 5.75 Å². The van der Waals surface area contributed by atoms with E-state index in [4.69, 9.17) is 0 Å². The van der Waals surface area contributed by atoms with Crippen molar-refractivity contribution in [2.75, 3.05) is 6.61 Å². The molecule has 22 heavy (non-hydrogen) atoms. The van der Waals surface area contributed by atoms with Crippen molar-refractivity contribution >= 4 is 29.0 Å². The van der Waals surface area contributed by atoms with Crippen LogP contribution in [-0.4, -0.2) is 28.6 Å². The highest BCUT2D eigenvalue weighted by Gasteiger charge is 2.15. The van der Waals surface area contributed by atoms with Crippen LogP contribution in [0.15, 0.2) is 34.5 Å². The number of aliphatic hydroxyl groups excluding tert-OH is 1. The van der Waals surface area contributed by atoms with E-state index in [0.29, 0.717) is 12.0 Å². The minimum atomic E-state index is -0.202. The molecule has 0 fully saturated rings. The summed E-state index contributed by atoms with van der Waals surface area (Å²) >= 11 is 3.24. The lowest BCUT2D eigenvalue weighted by molar-refractivity contribution is 0.0912. The number of aliphatic hydroxyl groups is 1. The third-order valence-electron chi connectivity index (χ3n) is 3.22. The van der Waals surface area contributed by atoms with E-state index >= 15 is 0 Å². The Balaban J connectivity index is 2.07. The monoisotopic (exact) mass is 336 g/mol. The van der Waals surface area contributed by atoms with E-state index in [1.165, 1.54) is 0 Å². The summed E-state index contributed by atoms with van der Waals surface area (Å²) in [7, 11) is 0. The van der Waals surface area contributed by atoms with E-state index in [1.54, 1.807) is 23.1 Å². The molecule has 118 valence electrons. The predicted octanol–water partition coefficient (Wildman–Crippen LogP) is 3.24. The second kappa shape index (κ2) is 8.31. The first-order valence-corrected chi connectivity index (χ1v) is 9.05. The van der Waals surface area contributed by atoms with Gasteiger partial charge in [-0.1, -0.05) is 19.1 Å². The topological polar surface area (TPSA) is 62.2 Å². The maximum atomic E-state index is 12.4. The van der Waals surface area contributed by atoms with Gasteiger partial charge in [-0.05, 0) is 25.5 Å². The van der Waals surface area contributed by atoms with E-state index in [-0.39, 0.29) is 18.6 Å². The number of amides is 1. The lowest BCUT2D eigenvalue weighted by atomic mass is 10.2. The number of hydrogen-bond acceptors (Lipinski definition) is 5. The van der Waals surface area contributed by atoms with Crippen LogP contribution in [0.4, 0.5) is 0 Å². The molecule has 0 saturated carbocycles. The Bertz CT molecular complexity index is 624. The molecule has 1 atom stereocenters. The molecule has 1 unspecified atom stereocenters. The van der Waals surface area contributed by atoms with Crippen molar-refractivity contribution in [3.63, 3.8) is 0 Å². The van der Waals surface area contributed by atoms with Crippen molar-refractivity contribution in [2.45, 2.75) is 37.0 Å². The van der Waals surface area contributed by atoms with Crippen LogP contribution in [0.25, 0.3) is 0 Å². The first-order valence-electron chi connectivity index (χ1n) is 7.18. The second-order valence-electron chi connectivity index (χ2n) is 4.90. The molecule has 1 heterocycles. The van der Waals surface area contributed by atoms with Crippen LogP contribution in [0.3, 0.4) is 0 Å². The summed E-state index contributed by atoms with van der Waals surface area (Å²) in [5, 5.41) is 15.2. The van der Waals surface area contributed by atoms with Crippen molar-refractivity contribution in [2.24, 2.45) is 0 Å². The van der Waals surface area contributed by atoms with Gasteiger partial charge in [-0.2, -0.15) is 0 Å². The molecule has 0 aliphatic rings. The number of aryl methyl sites for hydroxylation is 1. The fraction of sp³-hybridized carbons (Fsp3) is 0.375. The number of benzene rings is 1. The average Bonchev–Trinajstić information content (AvgIpc) is 2.96. The summed E-state index contributed by atoms with van der Waals surface area (Å²) in [4.78, 5) is 17.7. The molecule has 0 saturated heterocycles. The van der Waals surface area contributed by atoms with Gasteiger partial charge in [0, 0.05) is 16.0 Å². The number of hydrogen-bond donors (Lipinski definition) is 2. The molecule has 1 aromatic carbocycles. The molecule has 1 aromatic heterocycles. The Hall–Kier alpha value is -1.37. The largest absolute Gasteiger partial charge is 0.394 e. The molecule has 1 amide bonds. The van der Waals surface area contributed by atoms with Crippen LogP contribution >= 0.6 is 23.1 Å². The van der Waals surface area contributed by atoms with E-state index in [2.05, 4.69) is 10.3 Å². The van der Waals surface area contributed by atoms with Gasteiger partial charge in [0.1, 0.15) is 0 Å². The number of carbonyl (C=O) groups is 1. The molecule has 0 spiro atoms. The molecule has 0 aliphatic carbocycles. The molecule has 0 radical (unpaired) electrons. The number of rotatable bonds is 7. The third-order valence-corrected chi connectivity index (χ3v) is 5.15. The number of aromatic nitrogens is 1. The molecular weight excluding hydrogens is 316 g/mol. The molecular formula is C16H20N2O2S2. The number of thioether (sulfide) groups is 1. The highest BCUT2D eigenvalue weighted by Crippen LogP contribution is 2.26. The van der Waals surface area contributed by atoms with E-state index in [1.807, 2.05) is 43.5 Å². The van der Waals surface area contributed by atoms with Crippen molar-refractivity contribution < 1.29 is 9.90 Å². The first-order chi connectivity index (χ1) is 10.6. The van der Waals surface area contributed by atoms with Crippen molar-refractivity contribution in [1.29, 1.82) is 0 Å². The summed E-state index contributed by atoms with van der Waals surface area (Å²) in [6, 6.07) is 7.33. The second-order valence-corrected chi connectivity index (χ2v) is 6.98. The number of carbonyl (C=O) groups excluding carboxylic acids is 1. The Morgan fingerprint density at radius 1 is 1.45 bits per heavy atom. The van der Waals surface area contributed by atoms with Crippen LogP contribution in [0.1, 0.15) is 34.4 Å². The number of nitrogens with one attached hydrogen (secondary N) is 1. The van der Waals surface area contributed by atoms with E-state index < -0.39 is 0 Å². The molecule has 4 nitrogen and oxygen atoms in total. The third kappa shape index (κ3) is 4.56. The van der Waals surface area contributed by atoms with Crippen LogP contribution in [0.2, 0.25) is 0 Å².